The molecule has 1 aromatic heterocycles. The number of likely N-dealkylation sites (tertiary alicyclic amines) is 1. The van der Waals surface area contributed by atoms with Crippen LogP contribution in [0.5, 0.6) is 0 Å². The van der Waals surface area contributed by atoms with Crippen molar-refractivity contribution in [1.29, 1.82) is 0 Å². The van der Waals surface area contributed by atoms with E-state index in [9.17, 15) is 4.79 Å². The number of benzene rings is 1. The van der Waals surface area contributed by atoms with Crippen LogP contribution in [0.15, 0.2) is 35.1 Å². The van der Waals surface area contributed by atoms with Crippen LogP contribution >= 0.6 is 0 Å². The number of nitrogens with one attached hydrogen (secondary N) is 1. The molecule has 2 heterocycles. The minimum Gasteiger partial charge on any atom is -0.395 e. The van der Waals surface area contributed by atoms with Crippen LogP contribution in [0.4, 0.5) is 0 Å². The van der Waals surface area contributed by atoms with E-state index in [1.54, 1.807) is 6.07 Å². The molecule has 0 bridgehead atoms. The summed E-state index contributed by atoms with van der Waals surface area (Å²) in [4.78, 5) is 21.3. The molecule has 5 nitrogen and oxygen atoms in total. The van der Waals surface area contributed by atoms with Gasteiger partial charge in [-0.25, -0.2) is 4.98 Å². The Labute approximate surface area is 154 Å². The van der Waals surface area contributed by atoms with Crippen molar-refractivity contribution in [2.24, 2.45) is 0 Å². The lowest BCUT2D eigenvalue weighted by atomic mass is 9.93. The van der Waals surface area contributed by atoms with E-state index in [0.717, 1.165) is 43.7 Å². The normalized spacial score (nSPS) is 15.5. The average Bonchev–Trinajstić information content (AvgIpc) is 2.63. The van der Waals surface area contributed by atoms with Gasteiger partial charge in [0, 0.05) is 30.5 Å². The van der Waals surface area contributed by atoms with E-state index in [1.165, 1.54) is 5.56 Å². The van der Waals surface area contributed by atoms with Crippen molar-refractivity contribution >= 4 is 0 Å². The number of piperidine rings is 1. The summed E-state index contributed by atoms with van der Waals surface area (Å²) >= 11 is 0. The molecule has 136 valence electrons. The maximum atomic E-state index is 11.6. The Hall–Kier alpha value is -2.42. The van der Waals surface area contributed by atoms with Crippen molar-refractivity contribution in [3.8, 4) is 11.8 Å². The Morgan fingerprint density at radius 1 is 1.27 bits per heavy atom. The third-order valence-corrected chi connectivity index (χ3v) is 4.72. The van der Waals surface area contributed by atoms with E-state index in [4.69, 9.17) is 5.11 Å². The lowest BCUT2D eigenvalue weighted by Crippen LogP contribution is -2.33. The van der Waals surface area contributed by atoms with Gasteiger partial charge in [0.15, 0.2) is 0 Å². The quantitative estimate of drug-likeness (QED) is 0.829. The number of aromatic amines is 1. The van der Waals surface area contributed by atoms with Crippen LogP contribution < -0.4 is 5.56 Å². The number of aliphatic hydroxyl groups excluding tert-OH is 1. The van der Waals surface area contributed by atoms with Crippen molar-refractivity contribution in [1.82, 2.24) is 14.9 Å². The van der Waals surface area contributed by atoms with Gasteiger partial charge in [-0.3, -0.25) is 9.69 Å². The van der Waals surface area contributed by atoms with Crippen molar-refractivity contribution in [2.45, 2.75) is 38.6 Å². The number of aliphatic hydroxyl groups is 1. The SMILES string of the molecule is Cc1nc(C2CCN(Cc3ccc(C#CCCO)cc3)CC2)cc(=O)[nH]1. The number of H-pyrrole nitrogens is 1. The van der Waals surface area contributed by atoms with Gasteiger partial charge in [0.2, 0.25) is 0 Å². The van der Waals surface area contributed by atoms with Gasteiger partial charge in [-0.2, -0.15) is 0 Å². The van der Waals surface area contributed by atoms with Crippen LogP contribution in [0.3, 0.4) is 0 Å². The number of hydrogen-bond acceptors (Lipinski definition) is 4. The fourth-order valence-corrected chi connectivity index (χ4v) is 3.37. The highest BCUT2D eigenvalue weighted by Crippen LogP contribution is 2.26. The van der Waals surface area contributed by atoms with Gasteiger partial charge in [-0.1, -0.05) is 24.0 Å². The summed E-state index contributed by atoms with van der Waals surface area (Å²) in [7, 11) is 0. The second kappa shape index (κ2) is 8.79. The van der Waals surface area contributed by atoms with E-state index in [2.05, 4.69) is 38.8 Å². The summed E-state index contributed by atoms with van der Waals surface area (Å²) in [6.45, 7) is 4.89. The van der Waals surface area contributed by atoms with Crippen LogP contribution in [0, 0.1) is 18.8 Å². The molecule has 2 aromatic rings. The third kappa shape index (κ3) is 5.04. The lowest BCUT2D eigenvalue weighted by Gasteiger charge is -2.31. The van der Waals surface area contributed by atoms with Crippen LogP contribution in [0.25, 0.3) is 0 Å². The molecule has 0 atom stereocenters. The molecule has 0 spiro atoms. The predicted molar refractivity (Wildman–Crippen MR) is 102 cm³/mol. The predicted octanol–water partition coefficient (Wildman–Crippen LogP) is 2.19. The van der Waals surface area contributed by atoms with Crippen LogP contribution in [0.1, 0.15) is 47.8 Å². The lowest BCUT2D eigenvalue weighted by molar-refractivity contribution is 0.203. The van der Waals surface area contributed by atoms with Crippen molar-refractivity contribution in [3.63, 3.8) is 0 Å². The van der Waals surface area contributed by atoms with Gasteiger partial charge in [-0.15, -0.1) is 0 Å². The highest BCUT2D eigenvalue weighted by molar-refractivity contribution is 5.36. The van der Waals surface area contributed by atoms with E-state index in [0.29, 0.717) is 18.2 Å². The van der Waals surface area contributed by atoms with E-state index >= 15 is 0 Å². The molecule has 0 aliphatic carbocycles. The van der Waals surface area contributed by atoms with Crippen molar-refractivity contribution < 1.29 is 5.11 Å². The Bertz CT molecular complexity index is 838. The molecule has 2 N–H and O–H groups in total. The average molecular weight is 351 g/mol. The first-order valence-corrected chi connectivity index (χ1v) is 9.13. The van der Waals surface area contributed by atoms with Gasteiger partial charge in [0.1, 0.15) is 5.82 Å². The zero-order chi connectivity index (χ0) is 18.4. The smallest absolute Gasteiger partial charge is 0.251 e. The van der Waals surface area contributed by atoms with E-state index in [-0.39, 0.29) is 12.2 Å². The maximum absolute atomic E-state index is 11.6. The summed E-state index contributed by atoms with van der Waals surface area (Å²) in [5, 5.41) is 8.76. The molecule has 0 unspecified atom stereocenters. The van der Waals surface area contributed by atoms with Gasteiger partial charge in [0.25, 0.3) is 5.56 Å². The molecule has 1 aromatic carbocycles. The summed E-state index contributed by atoms with van der Waals surface area (Å²) in [6.07, 6.45) is 2.57. The number of rotatable bonds is 4. The standard InChI is InChI=1S/C21H25N3O2/c1-16-22-20(14-21(26)23-16)19-9-11-24(12-10-19)15-18-7-5-17(6-8-18)4-2-3-13-25/h5-8,14,19,25H,3,9-13,15H2,1H3,(H,22,23,26). The third-order valence-electron chi connectivity index (χ3n) is 4.72. The summed E-state index contributed by atoms with van der Waals surface area (Å²) in [5.74, 6) is 7.05. The molecule has 0 amide bonds. The molecular formula is C21H25N3O2. The first-order chi connectivity index (χ1) is 12.6. The molecule has 1 aliphatic heterocycles. The minimum atomic E-state index is -0.0582. The van der Waals surface area contributed by atoms with E-state index in [1.807, 2.05) is 19.1 Å². The Morgan fingerprint density at radius 3 is 2.65 bits per heavy atom. The topological polar surface area (TPSA) is 69.2 Å². The molecule has 1 fully saturated rings. The molecule has 5 heteroatoms. The second-order valence-electron chi connectivity index (χ2n) is 6.78. The number of nitrogens with zero attached hydrogens (tertiary/aromatic N) is 2. The Kier molecular flexibility index (Phi) is 6.21. The maximum Gasteiger partial charge on any atom is 0.251 e. The van der Waals surface area contributed by atoms with Gasteiger partial charge >= 0.3 is 0 Å². The van der Waals surface area contributed by atoms with Crippen LogP contribution in [-0.4, -0.2) is 39.7 Å². The monoisotopic (exact) mass is 351 g/mol. The first kappa shape index (κ1) is 18.4. The van der Waals surface area contributed by atoms with Crippen molar-refractivity contribution in [3.05, 3.63) is 63.3 Å². The highest BCUT2D eigenvalue weighted by Gasteiger charge is 2.22. The molecule has 3 rings (SSSR count). The zero-order valence-electron chi connectivity index (χ0n) is 15.2. The second-order valence-corrected chi connectivity index (χ2v) is 6.78. The summed E-state index contributed by atoms with van der Waals surface area (Å²) < 4.78 is 0. The number of aryl methyl sites for hydroxylation is 1. The minimum absolute atomic E-state index is 0.0582. The first-order valence-electron chi connectivity index (χ1n) is 9.13. The zero-order valence-corrected chi connectivity index (χ0v) is 15.2. The number of hydrogen-bond donors (Lipinski definition) is 2. The molecular weight excluding hydrogens is 326 g/mol. The fraction of sp³-hybridized carbons (Fsp3) is 0.429. The van der Waals surface area contributed by atoms with Crippen LogP contribution in [0.2, 0.25) is 0 Å². The molecule has 0 saturated carbocycles. The fourth-order valence-electron chi connectivity index (χ4n) is 3.37. The molecule has 0 radical (unpaired) electrons. The summed E-state index contributed by atoms with van der Waals surface area (Å²) in [6, 6.07) is 9.96. The molecule has 1 aliphatic rings. The molecule has 1 saturated heterocycles. The van der Waals surface area contributed by atoms with Gasteiger partial charge in [-0.05, 0) is 50.6 Å². The number of aromatic nitrogens is 2. The van der Waals surface area contributed by atoms with E-state index < -0.39 is 0 Å². The largest absolute Gasteiger partial charge is 0.395 e. The Balaban J connectivity index is 1.54. The summed E-state index contributed by atoms with van der Waals surface area (Å²) in [5.41, 5.74) is 3.13. The molecule has 26 heavy (non-hydrogen) atoms. The highest BCUT2D eigenvalue weighted by atomic mass is 16.2. The van der Waals surface area contributed by atoms with Crippen LogP contribution in [-0.2, 0) is 6.54 Å². The van der Waals surface area contributed by atoms with Gasteiger partial charge < -0.3 is 10.1 Å². The van der Waals surface area contributed by atoms with Gasteiger partial charge in [0.05, 0.1) is 12.3 Å². The Morgan fingerprint density at radius 2 is 2.00 bits per heavy atom. The van der Waals surface area contributed by atoms with Crippen molar-refractivity contribution in [2.75, 3.05) is 19.7 Å².